The van der Waals surface area contributed by atoms with Crippen LogP contribution in [0.15, 0.2) is 18.2 Å². The van der Waals surface area contributed by atoms with Gasteiger partial charge in [-0.1, -0.05) is 13.3 Å². The van der Waals surface area contributed by atoms with E-state index < -0.39 is 0 Å². The van der Waals surface area contributed by atoms with Crippen LogP contribution in [0.2, 0.25) is 0 Å². The van der Waals surface area contributed by atoms with Gasteiger partial charge in [-0.05, 0) is 43.0 Å². The molecule has 1 aromatic carbocycles. The first-order valence-corrected chi connectivity index (χ1v) is 5.52. The molecule has 0 spiro atoms. The van der Waals surface area contributed by atoms with Gasteiger partial charge < -0.3 is 5.32 Å². The maximum atomic E-state index is 8.81. The highest BCUT2D eigenvalue weighted by atomic mass is 15.0. The molecule has 0 radical (unpaired) electrons. The number of nitriles is 1. The van der Waals surface area contributed by atoms with E-state index in [-0.39, 0.29) is 0 Å². The van der Waals surface area contributed by atoms with E-state index in [1.165, 1.54) is 12.8 Å². The third-order valence-electron chi connectivity index (χ3n) is 3.15. The van der Waals surface area contributed by atoms with Gasteiger partial charge >= 0.3 is 0 Å². The lowest BCUT2D eigenvalue weighted by Crippen LogP contribution is -2.04. The van der Waals surface area contributed by atoms with Crippen LogP contribution in [0, 0.1) is 24.2 Å². The van der Waals surface area contributed by atoms with Gasteiger partial charge in [-0.2, -0.15) is 5.26 Å². The summed E-state index contributed by atoms with van der Waals surface area (Å²) in [4.78, 5) is 0. The summed E-state index contributed by atoms with van der Waals surface area (Å²) in [6.07, 6.45) is 2.54. The number of rotatable bonds is 3. The van der Waals surface area contributed by atoms with Gasteiger partial charge in [0.15, 0.2) is 0 Å². The van der Waals surface area contributed by atoms with E-state index in [1.807, 2.05) is 19.1 Å². The summed E-state index contributed by atoms with van der Waals surface area (Å²) in [6, 6.07) is 8.78. The summed E-state index contributed by atoms with van der Waals surface area (Å²) in [6.45, 7) is 4.21. The summed E-state index contributed by atoms with van der Waals surface area (Å²) in [7, 11) is 0. The van der Waals surface area contributed by atoms with Crippen molar-refractivity contribution >= 4 is 5.69 Å². The molecule has 0 bridgehead atoms. The molecule has 2 nitrogen and oxygen atoms in total. The zero-order valence-corrected chi connectivity index (χ0v) is 9.25. The molecule has 0 amide bonds. The topological polar surface area (TPSA) is 35.8 Å². The molecule has 1 aliphatic carbocycles. The molecule has 15 heavy (non-hydrogen) atoms. The second-order valence-corrected chi connectivity index (χ2v) is 4.30. The number of anilines is 1. The minimum atomic E-state index is 0.655. The molecular formula is C13H16N2. The second-order valence-electron chi connectivity index (χ2n) is 4.30. The smallest absolute Gasteiger partial charge is 0.0994 e. The van der Waals surface area contributed by atoms with Crippen molar-refractivity contribution in [1.82, 2.24) is 0 Å². The average Bonchev–Trinajstić information content (AvgIpc) is 2.97. The van der Waals surface area contributed by atoms with Crippen LogP contribution >= 0.6 is 0 Å². The van der Waals surface area contributed by atoms with Crippen molar-refractivity contribution in [1.29, 1.82) is 5.26 Å². The largest absolute Gasteiger partial charge is 0.382 e. The Kier molecular flexibility index (Phi) is 2.64. The van der Waals surface area contributed by atoms with Crippen molar-refractivity contribution in [3.05, 3.63) is 29.3 Å². The summed E-state index contributed by atoms with van der Waals surface area (Å²) < 4.78 is 0. The minimum Gasteiger partial charge on any atom is -0.382 e. The molecule has 0 aromatic heterocycles. The molecule has 78 valence electrons. The fourth-order valence-electron chi connectivity index (χ4n) is 1.97. The zero-order valence-electron chi connectivity index (χ0n) is 9.25. The maximum Gasteiger partial charge on any atom is 0.0994 e. The van der Waals surface area contributed by atoms with E-state index in [4.69, 9.17) is 5.26 Å². The van der Waals surface area contributed by atoms with Crippen LogP contribution in [-0.2, 0) is 0 Å². The van der Waals surface area contributed by atoms with Crippen molar-refractivity contribution < 1.29 is 0 Å². The van der Waals surface area contributed by atoms with E-state index >= 15 is 0 Å². The molecule has 0 saturated heterocycles. The molecule has 2 rings (SSSR count). The van der Waals surface area contributed by atoms with Gasteiger partial charge in [0.1, 0.15) is 0 Å². The van der Waals surface area contributed by atoms with E-state index in [9.17, 15) is 0 Å². The fraction of sp³-hybridized carbons (Fsp3) is 0.462. The van der Waals surface area contributed by atoms with Crippen LogP contribution in [0.5, 0.6) is 0 Å². The normalized spacial score (nSPS) is 23.3. The highest BCUT2D eigenvalue weighted by Gasteiger charge is 2.34. The standard InChI is InChI=1S/C13H16N2/c1-3-10-7-13(10)15-12-5-4-11(8-14)9(2)6-12/h4-6,10,13,15H,3,7H2,1-2H3. The lowest BCUT2D eigenvalue weighted by molar-refractivity contribution is 0.775. The highest BCUT2D eigenvalue weighted by Crippen LogP contribution is 2.36. The Balaban J connectivity index is 2.05. The average molecular weight is 200 g/mol. The monoisotopic (exact) mass is 200 g/mol. The van der Waals surface area contributed by atoms with Crippen molar-refractivity contribution in [3.8, 4) is 6.07 Å². The van der Waals surface area contributed by atoms with Gasteiger partial charge in [0, 0.05) is 11.7 Å². The van der Waals surface area contributed by atoms with Gasteiger partial charge in [0.2, 0.25) is 0 Å². The van der Waals surface area contributed by atoms with E-state index in [0.717, 1.165) is 22.7 Å². The third kappa shape index (κ3) is 2.12. The zero-order chi connectivity index (χ0) is 10.8. The van der Waals surface area contributed by atoms with Gasteiger partial charge in [0.05, 0.1) is 11.6 Å². The molecule has 0 heterocycles. The van der Waals surface area contributed by atoms with Crippen molar-refractivity contribution in [2.24, 2.45) is 5.92 Å². The molecule has 1 fully saturated rings. The number of nitrogens with one attached hydrogen (secondary N) is 1. The lowest BCUT2D eigenvalue weighted by Gasteiger charge is -2.07. The molecule has 2 unspecified atom stereocenters. The first-order valence-electron chi connectivity index (χ1n) is 5.52. The molecule has 2 atom stereocenters. The lowest BCUT2D eigenvalue weighted by atomic mass is 10.1. The molecule has 0 aliphatic heterocycles. The third-order valence-corrected chi connectivity index (χ3v) is 3.15. The summed E-state index contributed by atoms with van der Waals surface area (Å²) in [5, 5.41) is 12.3. The van der Waals surface area contributed by atoms with Crippen molar-refractivity contribution in [2.45, 2.75) is 32.7 Å². The molecule has 1 aromatic rings. The van der Waals surface area contributed by atoms with Gasteiger partial charge in [0.25, 0.3) is 0 Å². The number of hydrogen-bond acceptors (Lipinski definition) is 2. The molecule has 1 saturated carbocycles. The highest BCUT2D eigenvalue weighted by molar-refractivity contribution is 5.52. The first kappa shape index (κ1) is 10.0. The second kappa shape index (κ2) is 3.94. The Bertz CT molecular complexity index is 403. The fourth-order valence-corrected chi connectivity index (χ4v) is 1.97. The van der Waals surface area contributed by atoms with Gasteiger partial charge in [-0.3, -0.25) is 0 Å². The Morgan fingerprint density at radius 3 is 2.87 bits per heavy atom. The number of hydrogen-bond donors (Lipinski definition) is 1. The minimum absolute atomic E-state index is 0.655. The SMILES string of the molecule is CCC1CC1Nc1ccc(C#N)c(C)c1. The number of benzene rings is 1. The molecular weight excluding hydrogens is 184 g/mol. The Morgan fingerprint density at radius 1 is 1.53 bits per heavy atom. The van der Waals surface area contributed by atoms with Crippen molar-refractivity contribution in [3.63, 3.8) is 0 Å². The predicted molar refractivity (Wildman–Crippen MR) is 61.7 cm³/mol. The molecule has 1 N–H and O–H groups in total. The molecule has 2 heteroatoms. The van der Waals surface area contributed by atoms with Gasteiger partial charge in [-0.25, -0.2) is 0 Å². The maximum absolute atomic E-state index is 8.81. The Labute approximate surface area is 90.9 Å². The van der Waals surface area contributed by atoms with E-state index in [0.29, 0.717) is 6.04 Å². The van der Waals surface area contributed by atoms with Crippen LogP contribution in [0.4, 0.5) is 5.69 Å². The van der Waals surface area contributed by atoms with Crippen LogP contribution in [0.3, 0.4) is 0 Å². The molecule has 1 aliphatic rings. The van der Waals surface area contributed by atoms with Crippen LogP contribution < -0.4 is 5.32 Å². The first-order chi connectivity index (χ1) is 7.24. The van der Waals surface area contributed by atoms with Gasteiger partial charge in [-0.15, -0.1) is 0 Å². The Hall–Kier alpha value is -1.49. The van der Waals surface area contributed by atoms with Crippen LogP contribution in [-0.4, -0.2) is 6.04 Å². The number of nitrogens with zero attached hydrogens (tertiary/aromatic N) is 1. The van der Waals surface area contributed by atoms with Crippen molar-refractivity contribution in [2.75, 3.05) is 5.32 Å². The quantitative estimate of drug-likeness (QED) is 0.813. The van der Waals surface area contributed by atoms with E-state index in [1.54, 1.807) is 0 Å². The predicted octanol–water partition coefficient (Wildman–Crippen LogP) is 3.08. The summed E-state index contributed by atoms with van der Waals surface area (Å²) >= 11 is 0. The van der Waals surface area contributed by atoms with Crippen LogP contribution in [0.25, 0.3) is 0 Å². The Morgan fingerprint density at radius 2 is 2.33 bits per heavy atom. The summed E-state index contributed by atoms with van der Waals surface area (Å²) in [5.41, 5.74) is 2.96. The van der Waals surface area contributed by atoms with E-state index in [2.05, 4.69) is 24.4 Å². The van der Waals surface area contributed by atoms with Crippen LogP contribution in [0.1, 0.15) is 30.9 Å². The number of aryl methyl sites for hydroxylation is 1. The summed E-state index contributed by atoms with van der Waals surface area (Å²) in [5.74, 6) is 0.848.